The van der Waals surface area contributed by atoms with Crippen LogP contribution in [0.4, 0.5) is 0 Å². The molecule has 0 fully saturated rings. The Labute approximate surface area is 175 Å². The molecule has 0 aliphatic rings. The smallest absolute Gasteiger partial charge is 0.271 e. The minimum Gasteiger partial charge on any atom is -0.493 e. The maximum absolute atomic E-state index is 12.0. The highest BCUT2D eigenvalue weighted by Crippen LogP contribution is 2.25. The van der Waals surface area contributed by atoms with E-state index in [0.29, 0.717) is 30.3 Å². The number of nitrogens with one attached hydrogen (secondary N) is 1. The molecule has 1 heterocycles. The SMILES string of the molecule is COc1ccccc1OCCCOc1cccc(/C=N/NC(=O)c2ccncc2)c1. The third kappa shape index (κ3) is 6.34. The van der Waals surface area contributed by atoms with E-state index in [4.69, 9.17) is 14.2 Å². The van der Waals surface area contributed by atoms with E-state index >= 15 is 0 Å². The molecule has 0 atom stereocenters. The van der Waals surface area contributed by atoms with E-state index in [1.165, 1.54) is 0 Å². The molecule has 0 unspecified atom stereocenters. The van der Waals surface area contributed by atoms with Gasteiger partial charge in [-0.1, -0.05) is 24.3 Å². The van der Waals surface area contributed by atoms with Gasteiger partial charge >= 0.3 is 0 Å². The second-order valence-electron chi connectivity index (χ2n) is 6.21. The largest absolute Gasteiger partial charge is 0.493 e. The van der Waals surface area contributed by atoms with Crippen LogP contribution < -0.4 is 19.6 Å². The Hall–Kier alpha value is -3.87. The highest BCUT2D eigenvalue weighted by atomic mass is 16.5. The molecule has 0 radical (unpaired) electrons. The standard InChI is InChI=1S/C23H23N3O4/c1-28-21-8-2-3-9-22(21)30-15-5-14-29-20-7-4-6-18(16-20)17-25-26-23(27)19-10-12-24-13-11-19/h2-4,6-13,16-17H,5,14-15H2,1H3,(H,26,27)/b25-17+. The van der Waals surface area contributed by atoms with Crippen LogP contribution in [0.1, 0.15) is 22.3 Å². The number of para-hydroxylation sites is 2. The molecule has 0 saturated carbocycles. The number of pyridine rings is 1. The Bertz CT molecular complexity index is 977. The highest BCUT2D eigenvalue weighted by Gasteiger charge is 2.03. The zero-order valence-corrected chi connectivity index (χ0v) is 16.7. The normalized spacial score (nSPS) is 10.6. The van der Waals surface area contributed by atoms with Gasteiger partial charge in [-0.05, 0) is 42.0 Å². The van der Waals surface area contributed by atoms with Gasteiger partial charge in [0.05, 0.1) is 26.5 Å². The van der Waals surface area contributed by atoms with E-state index in [1.807, 2.05) is 48.5 Å². The summed E-state index contributed by atoms with van der Waals surface area (Å²) in [5.74, 6) is 1.85. The van der Waals surface area contributed by atoms with Gasteiger partial charge in [-0.3, -0.25) is 9.78 Å². The fraction of sp³-hybridized carbons (Fsp3) is 0.174. The van der Waals surface area contributed by atoms with Gasteiger partial charge in [-0.25, -0.2) is 5.43 Å². The molecule has 7 nitrogen and oxygen atoms in total. The maximum Gasteiger partial charge on any atom is 0.271 e. The van der Waals surface area contributed by atoms with Gasteiger partial charge in [0.2, 0.25) is 0 Å². The van der Waals surface area contributed by atoms with Crippen LogP contribution in [-0.2, 0) is 0 Å². The summed E-state index contributed by atoms with van der Waals surface area (Å²) < 4.78 is 16.8. The third-order valence-corrected chi connectivity index (χ3v) is 4.06. The molecule has 1 aromatic heterocycles. The van der Waals surface area contributed by atoms with Crippen LogP contribution >= 0.6 is 0 Å². The number of hydrogen-bond donors (Lipinski definition) is 1. The zero-order chi connectivity index (χ0) is 21.0. The molecule has 0 aliphatic carbocycles. The van der Waals surface area contributed by atoms with E-state index in [1.54, 1.807) is 37.9 Å². The number of benzene rings is 2. The van der Waals surface area contributed by atoms with Crippen LogP contribution in [0, 0.1) is 0 Å². The van der Waals surface area contributed by atoms with Gasteiger partial charge < -0.3 is 14.2 Å². The molecule has 1 N–H and O–H groups in total. The molecule has 1 amide bonds. The number of hydrogen-bond acceptors (Lipinski definition) is 6. The first kappa shape index (κ1) is 20.9. The molecule has 0 saturated heterocycles. The molecule has 2 aromatic carbocycles. The molecular formula is C23H23N3O4. The van der Waals surface area contributed by atoms with Crippen molar-refractivity contribution >= 4 is 12.1 Å². The Balaban J connectivity index is 1.42. The number of rotatable bonds is 10. The van der Waals surface area contributed by atoms with Crippen molar-refractivity contribution in [2.75, 3.05) is 20.3 Å². The monoisotopic (exact) mass is 405 g/mol. The van der Waals surface area contributed by atoms with Gasteiger partial charge in [-0.15, -0.1) is 0 Å². The summed E-state index contributed by atoms with van der Waals surface area (Å²) in [5.41, 5.74) is 3.79. The molecule has 3 aromatic rings. The number of hydrazone groups is 1. The molecular weight excluding hydrogens is 382 g/mol. The van der Waals surface area contributed by atoms with Crippen LogP contribution in [0.15, 0.2) is 78.2 Å². The van der Waals surface area contributed by atoms with Crippen LogP contribution in [0.5, 0.6) is 17.2 Å². The van der Waals surface area contributed by atoms with E-state index < -0.39 is 0 Å². The maximum atomic E-state index is 12.0. The molecule has 0 aliphatic heterocycles. The lowest BCUT2D eigenvalue weighted by Crippen LogP contribution is -2.17. The molecule has 0 spiro atoms. The van der Waals surface area contributed by atoms with Crippen LogP contribution in [0.25, 0.3) is 0 Å². The van der Waals surface area contributed by atoms with Gasteiger partial charge in [0.15, 0.2) is 11.5 Å². The molecule has 7 heteroatoms. The lowest BCUT2D eigenvalue weighted by atomic mass is 10.2. The second-order valence-corrected chi connectivity index (χ2v) is 6.21. The summed E-state index contributed by atoms with van der Waals surface area (Å²) in [6.45, 7) is 1.02. The number of carbonyl (C=O) groups is 1. The number of carbonyl (C=O) groups excluding carboxylic acids is 1. The van der Waals surface area contributed by atoms with Crippen molar-refractivity contribution in [3.05, 3.63) is 84.2 Å². The number of aromatic nitrogens is 1. The fourth-order valence-corrected chi connectivity index (χ4v) is 2.59. The highest BCUT2D eigenvalue weighted by molar-refractivity contribution is 5.94. The average molecular weight is 405 g/mol. The molecule has 3 rings (SSSR count). The molecule has 0 bridgehead atoms. The van der Waals surface area contributed by atoms with Crippen molar-refractivity contribution < 1.29 is 19.0 Å². The summed E-state index contributed by atoms with van der Waals surface area (Å²) in [6.07, 6.45) is 5.40. The van der Waals surface area contributed by atoms with Crippen LogP contribution in [0.3, 0.4) is 0 Å². The molecule has 30 heavy (non-hydrogen) atoms. The summed E-state index contributed by atoms with van der Waals surface area (Å²) in [7, 11) is 1.62. The Morgan fingerprint density at radius 2 is 1.77 bits per heavy atom. The summed E-state index contributed by atoms with van der Waals surface area (Å²) in [4.78, 5) is 15.8. The first-order valence-corrected chi connectivity index (χ1v) is 9.48. The predicted octanol–water partition coefficient (Wildman–Crippen LogP) is 3.70. The predicted molar refractivity (Wildman–Crippen MR) is 114 cm³/mol. The van der Waals surface area contributed by atoms with Gasteiger partial charge in [-0.2, -0.15) is 5.10 Å². The summed E-state index contributed by atoms with van der Waals surface area (Å²) >= 11 is 0. The van der Waals surface area contributed by atoms with Gasteiger partial charge in [0.1, 0.15) is 5.75 Å². The fourth-order valence-electron chi connectivity index (χ4n) is 2.59. The second kappa shape index (κ2) is 11.2. The van der Waals surface area contributed by atoms with E-state index in [-0.39, 0.29) is 5.91 Å². The van der Waals surface area contributed by atoms with Crippen molar-refractivity contribution in [1.82, 2.24) is 10.4 Å². The van der Waals surface area contributed by atoms with Crippen molar-refractivity contribution in [3.8, 4) is 17.2 Å². The van der Waals surface area contributed by atoms with Gasteiger partial charge in [0.25, 0.3) is 5.91 Å². The summed E-state index contributed by atoms with van der Waals surface area (Å²) in [6, 6.07) is 18.2. The third-order valence-electron chi connectivity index (χ3n) is 4.06. The van der Waals surface area contributed by atoms with Gasteiger partial charge in [0, 0.05) is 24.4 Å². The first-order chi connectivity index (χ1) is 14.8. The van der Waals surface area contributed by atoms with E-state index in [9.17, 15) is 4.79 Å². The number of nitrogens with zero attached hydrogens (tertiary/aromatic N) is 2. The minimum atomic E-state index is -0.295. The zero-order valence-electron chi connectivity index (χ0n) is 16.7. The number of ether oxygens (including phenoxy) is 3. The van der Waals surface area contributed by atoms with Crippen molar-refractivity contribution in [2.24, 2.45) is 5.10 Å². The van der Waals surface area contributed by atoms with Crippen LogP contribution in [0.2, 0.25) is 0 Å². The van der Waals surface area contributed by atoms with Crippen molar-refractivity contribution in [3.63, 3.8) is 0 Å². The van der Waals surface area contributed by atoms with E-state index in [0.717, 1.165) is 17.7 Å². The topological polar surface area (TPSA) is 82.0 Å². The number of methoxy groups -OCH3 is 1. The average Bonchev–Trinajstić information content (AvgIpc) is 2.80. The number of amides is 1. The minimum absolute atomic E-state index is 0.295. The Morgan fingerprint density at radius 1 is 1.00 bits per heavy atom. The Kier molecular flexibility index (Phi) is 7.79. The first-order valence-electron chi connectivity index (χ1n) is 9.48. The van der Waals surface area contributed by atoms with Crippen LogP contribution in [-0.4, -0.2) is 37.4 Å². The lowest BCUT2D eigenvalue weighted by molar-refractivity contribution is 0.0955. The Morgan fingerprint density at radius 3 is 2.57 bits per heavy atom. The summed E-state index contributed by atoms with van der Waals surface area (Å²) in [5, 5.41) is 3.99. The molecule has 154 valence electrons. The van der Waals surface area contributed by atoms with E-state index in [2.05, 4.69) is 15.5 Å². The van der Waals surface area contributed by atoms with Crippen molar-refractivity contribution in [2.45, 2.75) is 6.42 Å². The quantitative estimate of drug-likeness (QED) is 0.316. The lowest BCUT2D eigenvalue weighted by Gasteiger charge is -2.11. The van der Waals surface area contributed by atoms with Crippen molar-refractivity contribution in [1.29, 1.82) is 0 Å².